The van der Waals surface area contributed by atoms with E-state index in [0.29, 0.717) is 29.6 Å². The standard InChI is InChI=1S/C30H40ClIN4O2/c1-2-22(23-9-5-3-6-10-23)21-36-18-13-25(20-33-29(37)24-11-12-26(31)27(32)19-24)34-28(30(36)38)14-17-35-15-7-4-8-16-35/h3,5-6,9-12,19,22,25,28,34H,2,4,7-8,13-18,20-21H2,1H3,(H,33,37)/t22-,25+,28+/m1/s1. The van der Waals surface area contributed by atoms with Crippen LogP contribution >= 0.6 is 34.2 Å². The van der Waals surface area contributed by atoms with E-state index in [9.17, 15) is 9.59 Å². The maximum atomic E-state index is 13.8. The van der Waals surface area contributed by atoms with E-state index in [2.05, 4.69) is 74.2 Å². The molecule has 0 radical (unpaired) electrons. The van der Waals surface area contributed by atoms with Crippen LogP contribution in [0.25, 0.3) is 0 Å². The lowest BCUT2D eigenvalue weighted by Gasteiger charge is -2.31. The first-order valence-electron chi connectivity index (χ1n) is 14.0. The van der Waals surface area contributed by atoms with Crippen molar-refractivity contribution in [1.82, 2.24) is 20.4 Å². The number of benzene rings is 2. The fraction of sp³-hybridized carbons (Fsp3) is 0.533. The molecule has 2 aromatic carbocycles. The molecule has 0 unspecified atom stereocenters. The number of halogens is 2. The fourth-order valence-corrected chi connectivity index (χ4v) is 6.17. The maximum Gasteiger partial charge on any atom is 0.251 e. The molecule has 6 nitrogen and oxygen atoms in total. The average Bonchev–Trinajstić information content (AvgIpc) is 3.09. The quantitative estimate of drug-likeness (QED) is 0.343. The van der Waals surface area contributed by atoms with E-state index < -0.39 is 0 Å². The summed E-state index contributed by atoms with van der Waals surface area (Å²) in [5.74, 6) is 0.387. The lowest BCUT2D eigenvalue weighted by atomic mass is 9.95. The van der Waals surface area contributed by atoms with E-state index in [1.807, 2.05) is 6.07 Å². The van der Waals surface area contributed by atoms with Crippen molar-refractivity contribution < 1.29 is 9.59 Å². The largest absolute Gasteiger partial charge is 0.350 e. The van der Waals surface area contributed by atoms with E-state index in [0.717, 1.165) is 49.0 Å². The Morgan fingerprint density at radius 2 is 1.89 bits per heavy atom. The van der Waals surface area contributed by atoms with Gasteiger partial charge in [-0.05, 0) is 91.5 Å². The lowest BCUT2D eigenvalue weighted by molar-refractivity contribution is -0.133. The van der Waals surface area contributed by atoms with Crippen molar-refractivity contribution in [2.24, 2.45) is 0 Å². The van der Waals surface area contributed by atoms with Gasteiger partial charge in [0.05, 0.1) is 11.1 Å². The number of likely N-dealkylation sites (tertiary alicyclic amines) is 1. The third-order valence-corrected chi connectivity index (χ3v) is 9.41. The van der Waals surface area contributed by atoms with Crippen molar-refractivity contribution in [3.63, 3.8) is 0 Å². The van der Waals surface area contributed by atoms with E-state index in [1.165, 1.54) is 24.8 Å². The van der Waals surface area contributed by atoms with Gasteiger partial charge in [0.15, 0.2) is 0 Å². The summed E-state index contributed by atoms with van der Waals surface area (Å²) in [6.45, 7) is 7.26. The average molecular weight is 651 g/mol. The number of hydrogen-bond donors (Lipinski definition) is 2. The van der Waals surface area contributed by atoms with Gasteiger partial charge in [0, 0.05) is 47.3 Å². The molecule has 8 heteroatoms. The summed E-state index contributed by atoms with van der Waals surface area (Å²) in [6, 6.07) is 15.6. The van der Waals surface area contributed by atoms with Crippen LogP contribution in [-0.2, 0) is 4.79 Å². The van der Waals surface area contributed by atoms with Crippen molar-refractivity contribution in [3.8, 4) is 0 Å². The van der Waals surface area contributed by atoms with Crippen LogP contribution in [0.4, 0.5) is 0 Å². The molecule has 0 saturated carbocycles. The molecule has 2 heterocycles. The molecular weight excluding hydrogens is 611 g/mol. The van der Waals surface area contributed by atoms with E-state index in [1.54, 1.807) is 18.2 Å². The first kappa shape index (κ1) is 29.3. The second-order valence-corrected chi connectivity index (χ2v) is 12.1. The highest BCUT2D eigenvalue weighted by Gasteiger charge is 2.32. The number of rotatable bonds is 10. The van der Waals surface area contributed by atoms with Gasteiger partial charge in [0.25, 0.3) is 5.91 Å². The van der Waals surface area contributed by atoms with Crippen molar-refractivity contribution in [2.75, 3.05) is 39.3 Å². The van der Waals surface area contributed by atoms with Crippen LogP contribution in [0, 0.1) is 3.57 Å². The number of hydrogen-bond acceptors (Lipinski definition) is 4. The zero-order valence-corrected chi connectivity index (χ0v) is 25.2. The van der Waals surface area contributed by atoms with Crippen molar-refractivity contribution >= 4 is 46.0 Å². The zero-order chi connectivity index (χ0) is 26.9. The Morgan fingerprint density at radius 1 is 1.13 bits per heavy atom. The molecule has 2 aliphatic heterocycles. The Kier molecular flexibility index (Phi) is 11.3. The predicted octanol–water partition coefficient (Wildman–Crippen LogP) is 5.30. The summed E-state index contributed by atoms with van der Waals surface area (Å²) in [5, 5.41) is 7.37. The number of carbonyl (C=O) groups is 2. The Hall–Kier alpha value is -1.68. The Bertz CT molecular complexity index is 1060. The van der Waals surface area contributed by atoms with Crippen LogP contribution in [0.3, 0.4) is 0 Å². The van der Waals surface area contributed by atoms with Gasteiger partial charge in [-0.1, -0.05) is 55.3 Å². The van der Waals surface area contributed by atoms with Crippen molar-refractivity contribution in [3.05, 3.63) is 68.3 Å². The summed E-state index contributed by atoms with van der Waals surface area (Å²) in [4.78, 5) is 31.2. The summed E-state index contributed by atoms with van der Waals surface area (Å²) in [6.07, 6.45) is 6.36. The smallest absolute Gasteiger partial charge is 0.251 e. The Morgan fingerprint density at radius 3 is 2.61 bits per heavy atom. The molecule has 2 fully saturated rings. The van der Waals surface area contributed by atoms with Gasteiger partial charge in [-0.15, -0.1) is 0 Å². The third kappa shape index (κ3) is 8.16. The van der Waals surface area contributed by atoms with Crippen LogP contribution in [0.5, 0.6) is 0 Å². The minimum Gasteiger partial charge on any atom is -0.350 e. The van der Waals surface area contributed by atoms with Crippen LogP contribution in [0.1, 0.15) is 67.3 Å². The molecule has 0 spiro atoms. The molecular formula is C30H40ClIN4O2. The van der Waals surface area contributed by atoms with Crippen molar-refractivity contribution in [2.45, 2.75) is 63.5 Å². The first-order valence-corrected chi connectivity index (χ1v) is 15.5. The molecule has 38 heavy (non-hydrogen) atoms. The zero-order valence-electron chi connectivity index (χ0n) is 22.3. The minimum atomic E-state index is -0.244. The highest BCUT2D eigenvalue weighted by atomic mass is 127. The topological polar surface area (TPSA) is 64.7 Å². The Balaban J connectivity index is 1.43. The van der Waals surface area contributed by atoms with E-state index in [4.69, 9.17) is 11.6 Å². The highest BCUT2D eigenvalue weighted by molar-refractivity contribution is 14.1. The van der Waals surface area contributed by atoms with Gasteiger partial charge >= 0.3 is 0 Å². The maximum absolute atomic E-state index is 13.8. The van der Waals surface area contributed by atoms with Gasteiger partial charge in [0.1, 0.15) is 0 Å². The number of nitrogens with zero attached hydrogens (tertiary/aromatic N) is 2. The molecule has 3 atom stereocenters. The number of nitrogens with one attached hydrogen (secondary N) is 2. The first-order chi connectivity index (χ1) is 18.4. The number of piperidine rings is 1. The highest BCUT2D eigenvalue weighted by Crippen LogP contribution is 2.23. The predicted molar refractivity (Wildman–Crippen MR) is 163 cm³/mol. The molecule has 206 valence electrons. The van der Waals surface area contributed by atoms with E-state index >= 15 is 0 Å². The second kappa shape index (κ2) is 14.6. The number of carbonyl (C=O) groups excluding carboxylic acids is 2. The molecule has 0 bridgehead atoms. The van der Waals surface area contributed by atoms with Gasteiger partial charge in [0.2, 0.25) is 5.91 Å². The molecule has 0 aliphatic carbocycles. The fourth-order valence-electron chi connectivity index (χ4n) is 5.54. The third-order valence-electron chi connectivity index (χ3n) is 7.87. The molecule has 2 saturated heterocycles. The molecule has 2 aliphatic rings. The van der Waals surface area contributed by atoms with Crippen LogP contribution in [-0.4, -0.2) is 73.0 Å². The molecule has 2 amide bonds. The molecule has 2 N–H and O–H groups in total. The van der Waals surface area contributed by atoms with Gasteiger partial charge in [-0.2, -0.15) is 0 Å². The van der Waals surface area contributed by atoms with Crippen LogP contribution in [0.2, 0.25) is 5.02 Å². The SMILES string of the molecule is CC[C@H](CN1CC[C@@H](CNC(=O)c2ccc(Cl)c(I)c2)N[C@@H](CCN2CCCCC2)C1=O)c1ccccc1. The normalized spacial score (nSPS) is 21.7. The summed E-state index contributed by atoms with van der Waals surface area (Å²) < 4.78 is 0.854. The van der Waals surface area contributed by atoms with Crippen molar-refractivity contribution in [1.29, 1.82) is 0 Å². The minimum absolute atomic E-state index is 0.0300. The summed E-state index contributed by atoms with van der Waals surface area (Å²) >= 11 is 8.27. The second-order valence-electron chi connectivity index (χ2n) is 10.5. The lowest BCUT2D eigenvalue weighted by Crippen LogP contribution is -2.50. The number of amides is 2. The monoisotopic (exact) mass is 650 g/mol. The van der Waals surface area contributed by atoms with Gasteiger partial charge in [-0.25, -0.2) is 0 Å². The van der Waals surface area contributed by atoms with Crippen LogP contribution in [0.15, 0.2) is 48.5 Å². The molecule has 2 aromatic rings. The van der Waals surface area contributed by atoms with Gasteiger partial charge < -0.3 is 20.4 Å². The Labute approximate surface area is 246 Å². The van der Waals surface area contributed by atoms with E-state index in [-0.39, 0.29) is 23.9 Å². The summed E-state index contributed by atoms with van der Waals surface area (Å²) in [7, 11) is 0. The summed E-state index contributed by atoms with van der Waals surface area (Å²) in [5.41, 5.74) is 1.88. The van der Waals surface area contributed by atoms with Gasteiger partial charge in [-0.3, -0.25) is 9.59 Å². The van der Waals surface area contributed by atoms with Crippen LogP contribution < -0.4 is 10.6 Å². The molecule has 4 rings (SSSR count). The molecule has 0 aromatic heterocycles.